The number of ether oxygens (including phenoxy) is 1. The summed E-state index contributed by atoms with van der Waals surface area (Å²) in [6, 6.07) is 48.0. The van der Waals surface area contributed by atoms with E-state index >= 15 is 0 Å². The van der Waals surface area contributed by atoms with Crippen LogP contribution in [0.3, 0.4) is 0 Å². The smallest absolute Gasteiger partial charge is 0.333 e. The monoisotopic (exact) mass is 566 g/mol. The van der Waals surface area contributed by atoms with E-state index in [1.807, 2.05) is 30.3 Å². The van der Waals surface area contributed by atoms with E-state index in [1.165, 1.54) is 55.1 Å². The Bertz CT molecular complexity index is 2250. The van der Waals surface area contributed by atoms with Gasteiger partial charge in [0, 0.05) is 50.5 Å². The highest BCUT2D eigenvalue weighted by molar-refractivity contribution is 6.90. The molecule has 0 amide bonds. The number of anilines is 3. The first-order valence-electron chi connectivity index (χ1n) is 15.4. The zero-order valence-electron chi connectivity index (χ0n) is 25.1. The van der Waals surface area contributed by atoms with Gasteiger partial charge in [0.2, 0.25) is 0 Å². The number of para-hydroxylation sites is 4. The molecule has 0 N–H and O–H groups in total. The molecule has 0 saturated heterocycles. The molecule has 3 nitrogen and oxygen atoms in total. The molecule has 0 radical (unpaired) electrons. The third kappa shape index (κ3) is 3.58. The van der Waals surface area contributed by atoms with Gasteiger partial charge in [-0.25, -0.2) is 0 Å². The molecular formula is C40H31BN2O. The molecule has 0 unspecified atom stereocenters. The minimum Gasteiger partial charge on any atom is -0.457 e. The Kier molecular flexibility index (Phi) is 5.26. The highest BCUT2D eigenvalue weighted by Crippen LogP contribution is 2.48. The molecule has 44 heavy (non-hydrogen) atoms. The van der Waals surface area contributed by atoms with Crippen molar-refractivity contribution in [3.8, 4) is 22.6 Å². The third-order valence-electron chi connectivity index (χ3n) is 9.33. The highest BCUT2D eigenvalue weighted by Gasteiger charge is 2.43. The Morgan fingerprint density at radius 1 is 0.591 bits per heavy atom. The fourth-order valence-electron chi connectivity index (χ4n) is 7.36. The number of hydrogen-bond acceptors (Lipinski definition) is 2. The van der Waals surface area contributed by atoms with Gasteiger partial charge >= 0.3 is 6.85 Å². The topological polar surface area (TPSA) is 17.4 Å². The van der Waals surface area contributed by atoms with Crippen LogP contribution in [0.15, 0.2) is 133 Å². The highest BCUT2D eigenvalue weighted by atomic mass is 16.5. The molecule has 2 aliphatic heterocycles. The van der Waals surface area contributed by atoms with Crippen LogP contribution in [0.4, 0.5) is 17.1 Å². The molecule has 7 aromatic rings. The van der Waals surface area contributed by atoms with Gasteiger partial charge in [0.1, 0.15) is 11.5 Å². The predicted molar refractivity (Wildman–Crippen MR) is 185 cm³/mol. The summed E-state index contributed by atoms with van der Waals surface area (Å²) in [5.74, 6) is 1.67. The number of benzene rings is 6. The third-order valence-corrected chi connectivity index (χ3v) is 9.33. The zero-order chi connectivity index (χ0) is 29.6. The second kappa shape index (κ2) is 9.14. The molecule has 0 bridgehead atoms. The van der Waals surface area contributed by atoms with Crippen molar-refractivity contribution in [2.24, 2.45) is 0 Å². The maximum atomic E-state index is 6.63. The average molecular weight is 567 g/mol. The van der Waals surface area contributed by atoms with Crippen LogP contribution in [-0.4, -0.2) is 11.3 Å². The molecule has 6 aromatic carbocycles. The van der Waals surface area contributed by atoms with E-state index in [4.69, 9.17) is 4.74 Å². The van der Waals surface area contributed by atoms with Crippen molar-refractivity contribution in [3.05, 3.63) is 139 Å². The van der Waals surface area contributed by atoms with Crippen molar-refractivity contribution in [1.82, 2.24) is 4.48 Å². The first-order chi connectivity index (χ1) is 21.5. The van der Waals surface area contributed by atoms with Crippen molar-refractivity contribution in [1.29, 1.82) is 0 Å². The van der Waals surface area contributed by atoms with Gasteiger partial charge in [-0.05, 0) is 82.1 Å². The molecule has 3 heterocycles. The van der Waals surface area contributed by atoms with E-state index in [2.05, 4.69) is 133 Å². The number of aromatic nitrogens is 1. The molecule has 210 valence electrons. The fourth-order valence-corrected chi connectivity index (χ4v) is 7.36. The lowest BCUT2D eigenvalue weighted by Gasteiger charge is -2.40. The fraction of sp³-hybridized carbons (Fsp3) is 0.100. The number of rotatable bonds is 3. The Hall–Kier alpha value is -5.22. The van der Waals surface area contributed by atoms with Gasteiger partial charge in [-0.2, -0.15) is 0 Å². The first kappa shape index (κ1) is 25.3. The number of fused-ring (bicyclic) bond motifs is 7. The van der Waals surface area contributed by atoms with Gasteiger partial charge < -0.3 is 14.1 Å². The quantitative estimate of drug-likeness (QED) is 0.198. The standard InChI is InChI=1S/C40H31BN2O/c1-40(2,3)26-22-32-30-18-10-12-20-35(30)43-39(32)33(23-26)31-24-29(44-28-16-8-5-9-17-28)25-37-38(31)41(43)34-19-11-13-21-36(34)42(37)27-14-6-4-7-15-27/h4-25H,1-3H3. The summed E-state index contributed by atoms with van der Waals surface area (Å²) in [4.78, 5) is 2.42. The van der Waals surface area contributed by atoms with Crippen LogP contribution in [0.2, 0.25) is 0 Å². The summed E-state index contributed by atoms with van der Waals surface area (Å²) >= 11 is 0. The Morgan fingerprint density at radius 3 is 2.09 bits per heavy atom. The molecule has 0 spiro atoms. The van der Waals surface area contributed by atoms with E-state index in [9.17, 15) is 0 Å². The summed E-state index contributed by atoms with van der Waals surface area (Å²) in [6.07, 6.45) is 0. The van der Waals surface area contributed by atoms with E-state index in [-0.39, 0.29) is 12.3 Å². The van der Waals surface area contributed by atoms with E-state index in [0.717, 1.165) is 22.9 Å². The molecule has 0 atom stereocenters. The maximum absolute atomic E-state index is 6.63. The lowest BCUT2D eigenvalue weighted by atomic mass is 9.45. The summed E-state index contributed by atoms with van der Waals surface area (Å²) in [5, 5.41) is 2.61. The summed E-state index contributed by atoms with van der Waals surface area (Å²) in [7, 11) is 0. The second-order valence-electron chi connectivity index (χ2n) is 13.0. The normalized spacial score (nSPS) is 13.2. The van der Waals surface area contributed by atoms with Crippen LogP contribution in [0.25, 0.3) is 32.9 Å². The van der Waals surface area contributed by atoms with Gasteiger partial charge in [-0.1, -0.05) is 93.6 Å². The van der Waals surface area contributed by atoms with Crippen LogP contribution < -0.4 is 20.6 Å². The molecule has 1 aromatic heterocycles. The van der Waals surface area contributed by atoms with Crippen LogP contribution in [0, 0.1) is 0 Å². The Morgan fingerprint density at radius 2 is 1.30 bits per heavy atom. The summed E-state index contributed by atoms with van der Waals surface area (Å²) in [5.41, 5.74) is 12.5. The van der Waals surface area contributed by atoms with E-state index in [0.29, 0.717) is 0 Å². The van der Waals surface area contributed by atoms with Crippen molar-refractivity contribution < 1.29 is 4.74 Å². The molecule has 4 heteroatoms. The lowest BCUT2D eigenvalue weighted by Crippen LogP contribution is -2.56. The Balaban J connectivity index is 1.45. The van der Waals surface area contributed by atoms with Crippen LogP contribution >= 0.6 is 0 Å². The van der Waals surface area contributed by atoms with Crippen LogP contribution in [0.1, 0.15) is 26.3 Å². The average Bonchev–Trinajstić information content (AvgIpc) is 3.38. The first-order valence-corrected chi connectivity index (χ1v) is 15.4. The minimum absolute atomic E-state index is 0.00831. The van der Waals surface area contributed by atoms with Crippen LogP contribution in [-0.2, 0) is 5.41 Å². The molecule has 0 fully saturated rings. The largest absolute Gasteiger partial charge is 0.457 e. The summed E-state index contributed by atoms with van der Waals surface area (Å²) < 4.78 is 9.23. The Labute approximate surface area is 258 Å². The minimum atomic E-state index is -0.00831. The predicted octanol–water partition coefficient (Wildman–Crippen LogP) is 9.30. The van der Waals surface area contributed by atoms with E-state index in [1.54, 1.807) is 0 Å². The van der Waals surface area contributed by atoms with Gasteiger partial charge in [-0.15, -0.1) is 0 Å². The molecule has 0 saturated carbocycles. The van der Waals surface area contributed by atoms with Gasteiger partial charge in [0.15, 0.2) is 0 Å². The zero-order valence-corrected chi connectivity index (χ0v) is 25.1. The maximum Gasteiger partial charge on any atom is 0.333 e. The number of nitrogens with zero attached hydrogens (tertiary/aromatic N) is 2. The SMILES string of the molecule is CC(C)(C)c1cc2c3c(c1)c1ccccc1n3B1c3ccccc3N(c3ccccc3)c3cc(Oc4ccccc4)cc-2c31. The van der Waals surface area contributed by atoms with Gasteiger partial charge in [0.25, 0.3) is 0 Å². The van der Waals surface area contributed by atoms with Gasteiger partial charge in [0.05, 0.1) is 0 Å². The molecule has 9 rings (SSSR count). The van der Waals surface area contributed by atoms with Crippen molar-refractivity contribution in [3.63, 3.8) is 0 Å². The molecule has 2 aliphatic rings. The van der Waals surface area contributed by atoms with Crippen molar-refractivity contribution in [2.75, 3.05) is 4.90 Å². The lowest BCUT2D eigenvalue weighted by molar-refractivity contribution is 0.483. The molecular weight excluding hydrogens is 535 g/mol. The number of hydrogen-bond donors (Lipinski definition) is 0. The molecule has 0 aliphatic carbocycles. The van der Waals surface area contributed by atoms with E-state index < -0.39 is 0 Å². The van der Waals surface area contributed by atoms with Crippen molar-refractivity contribution >= 4 is 56.6 Å². The van der Waals surface area contributed by atoms with Crippen LogP contribution in [0.5, 0.6) is 11.5 Å². The summed E-state index contributed by atoms with van der Waals surface area (Å²) in [6.45, 7) is 6.95. The second-order valence-corrected chi connectivity index (χ2v) is 13.0. The van der Waals surface area contributed by atoms with Crippen molar-refractivity contribution in [2.45, 2.75) is 26.2 Å². The van der Waals surface area contributed by atoms with Gasteiger partial charge in [-0.3, -0.25) is 0 Å².